The highest BCUT2D eigenvalue weighted by molar-refractivity contribution is 6.31. The Balaban J connectivity index is 1.86. The molecule has 3 aromatic rings. The number of furan rings is 1. The van der Waals surface area contributed by atoms with Crippen molar-refractivity contribution in [2.24, 2.45) is 0 Å². The molecule has 0 atom stereocenters. The first-order valence-electron chi connectivity index (χ1n) is 8.46. The Morgan fingerprint density at radius 3 is 2.67 bits per heavy atom. The second-order valence-electron chi connectivity index (χ2n) is 5.76. The van der Waals surface area contributed by atoms with Crippen molar-refractivity contribution in [3.63, 3.8) is 0 Å². The van der Waals surface area contributed by atoms with E-state index in [2.05, 4.69) is 5.32 Å². The number of hydrogen-bond donors (Lipinski definition) is 1. The van der Waals surface area contributed by atoms with E-state index < -0.39 is 0 Å². The van der Waals surface area contributed by atoms with Crippen LogP contribution in [0.2, 0.25) is 5.02 Å². The standard InChI is InChI=1S/C21H18ClNO4/c1-2-26-19-7-4-3-6-17(19)23-21(25)16-13-15(22)10-9-14(16)12-18(24)20-8-5-11-27-20/h3-11,13H,2,12H2,1H3,(H,23,25). The van der Waals surface area contributed by atoms with E-state index in [1.807, 2.05) is 13.0 Å². The summed E-state index contributed by atoms with van der Waals surface area (Å²) in [6, 6.07) is 15.3. The first kappa shape index (κ1) is 18.7. The van der Waals surface area contributed by atoms with E-state index in [0.717, 1.165) is 0 Å². The van der Waals surface area contributed by atoms with Crippen LogP contribution in [0.3, 0.4) is 0 Å². The normalized spacial score (nSPS) is 10.4. The van der Waals surface area contributed by atoms with Crippen molar-refractivity contribution in [1.82, 2.24) is 0 Å². The molecule has 2 aromatic carbocycles. The van der Waals surface area contributed by atoms with Crippen molar-refractivity contribution in [1.29, 1.82) is 0 Å². The zero-order valence-electron chi connectivity index (χ0n) is 14.7. The third-order valence-corrected chi connectivity index (χ3v) is 4.13. The third-order valence-electron chi connectivity index (χ3n) is 3.90. The van der Waals surface area contributed by atoms with E-state index >= 15 is 0 Å². The van der Waals surface area contributed by atoms with Crippen LogP contribution in [-0.2, 0) is 6.42 Å². The number of ketones is 1. The maximum absolute atomic E-state index is 12.9. The van der Waals surface area contributed by atoms with Gasteiger partial charge in [0.1, 0.15) is 5.75 Å². The van der Waals surface area contributed by atoms with Gasteiger partial charge >= 0.3 is 0 Å². The van der Waals surface area contributed by atoms with Gasteiger partial charge in [-0.05, 0) is 48.9 Å². The molecule has 0 aliphatic heterocycles. The minimum atomic E-state index is -0.369. The number of ether oxygens (including phenoxy) is 1. The number of carbonyl (C=O) groups excluding carboxylic acids is 2. The van der Waals surface area contributed by atoms with Gasteiger partial charge in [0.25, 0.3) is 5.91 Å². The number of anilines is 1. The molecule has 0 saturated heterocycles. The quantitative estimate of drug-likeness (QED) is 0.582. The highest BCUT2D eigenvalue weighted by Crippen LogP contribution is 2.26. The molecule has 0 fully saturated rings. The average molecular weight is 384 g/mol. The average Bonchev–Trinajstić information content (AvgIpc) is 3.20. The highest BCUT2D eigenvalue weighted by Gasteiger charge is 2.18. The van der Waals surface area contributed by atoms with Crippen LogP contribution in [0.25, 0.3) is 0 Å². The van der Waals surface area contributed by atoms with E-state index in [1.54, 1.807) is 48.5 Å². The number of halogens is 1. The predicted molar refractivity (Wildman–Crippen MR) is 104 cm³/mol. The SMILES string of the molecule is CCOc1ccccc1NC(=O)c1cc(Cl)ccc1CC(=O)c1ccco1. The molecule has 1 heterocycles. The Morgan fingerprint density at radius 1 is 1.11 bits per heavy atom. The van der Waals surface area contributed by atoms with Crippen LogP contribution >= 0.6 is 11.6 Å². The van der Waals surface area contributed by atoms with Crippen molar-refractivity contribution in [2.45, 2.75) is 13.3 Å². The Kier molecular flexibility index (Phi) is 5.94. The van der Waals surface area contributed by atoms with E-state index in [4.69, 9.17) is 20.8 Å². The molecule has 1 aromatic heterocycles. The zero-order valence-corrected chi connectivity index (χ0v) is 15.5. The lowest BCUT2D eigenvalue weighted by Crippen LogP contribution is -2.16. The van der Waals surface area contributed by atoms with Gasteiger partial charge in [-0.2, -0.15) is 0 Å². The van der Waals surface area contributed by atoms with Crippen LogP contribution in [0, 0.1) is 0 Å². The van der Waals surface area contributed by atoms with E-state index in [-0.39, 0.29) is 23.9 Å². The molecule has 0 bridgehead atoms. The first-order chi connectivity index (χ1) is 13.1. The smallest absolute Gasteiger partial charge is 0.256 e. The van der Waals surface area contributed by atoms with E-state index in [9.17, 15) is 9.59 Å². The molecule has 138 valence electrons. The topological polar surface area (TPSA) is 68.5 Å². The van der Waals surface area contributed by atoms with Gasteiger partial charge in [-0.25, -0.2) is 0 Å². The summed E-state index contributed by atoms with van der Waals surface area (Å²) in [5, 5.41) is 3.24. The van der Waals surface area contributed by atoms with Crippen LogP contribution in [0.1, 0.15) is 33.4 Å². The molecular weight excluding hydrogens is 366 g/mol. The molecule has 0 radical (unpaired) electrons. The predicted octanol–water partition coefficient (Wildman–Crippen LogP) is 5.01. The fourth-order valence-electron chi connectivity index (χ4n) is 2.65. The number of hydrogen-bond acceptors (Lipinski definition) is 4. The van der Waals surface area contributed by atoms with Crippen molar-refractivity contribution in [2.75, 3.05) is 11.9 Å². The Labute approximate surface area is 161 Å². The second-order valence-corrected chi connectivity index (χ2v) is 6.20. The third kappa shape index (κ3) is 4.57. The van der Waals surface area contributed by atoms with Crippen LogP contribution in [0.4, 0.5) is 5.69 Å². The number of benzene rings is 2. The number of para-hydroxylation sites is 2. The first-order valence-corrected chi connectivity index (χ1v) is 8.84. The molecule has 0 saturated carbocycles. The molecule has 0 unspecified atom stereocenters. The van der Waals surface area contributed by atoms with Gasteiger partial charge in [-0.15, -0.1) is 0 Å². The summed E-state index contributed by atoms with van der Waals surface area (Å²) in [7, 11) is 0. The summed E-state index contributed by atoms with van der Waals surface area (Å²) in [4.78, 5) is 25.2. The van der Waals surface area contributed by atoms with Crippen LogP contribution in [0.15, 0.2) is 65.3 Å². The molecule has 6 heteroatoms. The number of amides is 1. The Bertz CT molecular complexity index is 951. The largest absolute Gasteiger partial charge is 0.492 e. The second kappa shape index (κ2) is 8.56. The monoisotopic (exact) mass is 383 g/mol. The summed E-state index contributed by atoms with van der Waals surface area (Å²) in [6.07, 6.45) is 1.47. The van der Waals surface area contributed by atoms with Gasteiger partial charge in [0.2, 0.25) is 5.78 Å². The van der Waals surface area contributed by atoms with Crippen molar-refractivity contribution >= 4 is 29.0 Å². The summed E-state index contributed by atoms with van der Waals surface area (Å²) in [5.41, 5.74) is 1.44. The van der Waals surface area contributed by atoms with E-state index in [0.29, 0.717) is 34.2 Å². The molecule has 3 rings (SSSR count). The lowest BCUT2D eigenvalue weighted by atomic mass is 10.0. The minimum absolute atomic E-state index is 0.0283. The molecular formula is C21H18ClNO4. The van der Waals surface area contributed by atoms with Gasteiger partial charge < -0.3 is 14.5 Å². The number of Topliss-reactive ketones (excluding diaryl/α,β-unsaturated/α-hetero) is 1. The van der Waals surface area contributed by atoms with Crippen LogP contribution in [0.5, 0.6) is 5.75 Å². The minimum Gasteiger partial charge on any atom is -0.492 e. The van der Waals surface area contributed by atoms with Gasteiger partial charge in [-0.1, -0.05) is 29.8 Å². The summed E-state index contributed by atoms with van der Waals surface area (Å²) < 4.78 is 10.7. The number of rotatable bonds is 7. The maximum atomic E-state index is 12.9. The summed E-state index contributed by atoms with van der Waals surface area (Å²) in [6.45, 7) is 2.35. The van der Waals surface area contributed by atoms with Gasteiger partial charge in [0, 0.05) is 17.0 Å². The summed E-state index contributed by atoms with van der Waals surface area (Å²) >= 11 is 6.07. The highest BCUT2D eigenvalue weighted by atomic mass is 35.5. The van der Waals surface area contributed by atoms with Crippen LogP contribution in [-0.4, -0.2) is 18.3 Å². The van der Waals surface area contributed by atoms with Crippen LogP contribution < -0.4 is 10.1 Å². The Hall–Kier alpha value is -3.05. The van der Waals surface area contributed by atoms with Crippen molar-refractivity contribution in [3.8, 4) is 5.75 Å². The number of nitrogens with one attached hydrogen (secondary N) is 1. The van der Waals surface area contributed by atoms with Gasteiger partial charge in [0.15, 0.2) is 5.76 Å². The fraction of sp³-hybridized carbons (Fsp3) is 0.143. The zero-order chi connectivity index (χ0) is 19.2. The number of carbonyl (C=O) groups is 2. The van der Waals surface area contributed by atoms with Gasteiger partial charge in [0.05, 0.1) is 18.6 Å². The molecule has 27 heavy (non-hydrogen) atoms. The fourth-order valence-corrected chi connectivity index (χ4v) is 2.82. The maximum Gasteiger partial charge on any atom is 0.256 e. The lowest BCUT2D eigenvalue weighted by Gasteiger charge is -2.13. The molecule has 5 nitrogen and oxygen atoms in total. The molecule has 0 spiro atoms. The van der Waals surface area contributed by atoms with E-state index in [1.165, 1.54) is 6.26 Å². The van der Waals surface area contributed by atoms with Gasteiger partial charge in [-0.3, -0.25) is 9.59 Å². The molecule has 0 aliphatic rings. The van der Waals surface area contributed by atoms with Crippen molar-refractivity contribution < 1.29 is 18.7 Å². The molecule has 0 aliphatic carbocycles. The summed E-state index contributed by atoms with van der Waals surface area (Å²) in [5.74, 6) is 0.236. The molecule has 1 N–H and O–H groups in total. The Morgan fingerprint density at radius 2 is 1.93 bits per heavy atom. The van der Waals surface area contributed by atoms with Crippen molar-refractivity contribution in [3.05, 3.63) is 82.8 Å². The lowest BCUT2D eigenvalue weighted by molar-refractivity contribution is 0.0966. The molecule has 1 amide bonds.